The predicted molar refractivity (Wildman–Crippen MR) is 49.3 cm³/mol. The lowest BCUT2D eigenvalue weighted by Gasteiger charge is -2.28. The highest BCUT2D eigenvalue weighted by molar-refractivity contribution is 5.88. The number of carbonyl (C=O) groups is 2. The summed E-state index contributed by atoms with van der Waals surface area (Å²) < 4.78 is 0. The van der Waals surface area contributed by atoms with Crippen molar-refractivity contribution in [1.82, 2.24) is 10.2 Å². The summed E-state index contributed by atoms with van der Waals surface area (Å²) in [6.45, 7) is 2.72. The molecule has 1 aliphatic heterocycles. The minimum absolute atomic E-state index is 0.0000926. The van der Waals surface area contributed by atoms with E-state index in [1.807, 2.05) is 0 Å². The van der Waals surface area contributed by atoms with Crippen LogP contribution < -0.4 is 5.32 Å². The van der Waals surface area contributed by atoms with Gasteiger partial charge in [0.05, 0.1) is 12.6 Å². The van der Waals surface area contributed by atoms with Gasteiger partial charge in [0.1, 0.15) is 0 Å². The summed E-state index contributed by atoms with van der Waals surface area (Å²) in [6.07, 6.45) is 1.71. The third kappa shape index (κ3) is 2.52. The van der Waals surface area contributed by atoms with Gasteiger partial charge in [0, 0.05) is 7.05 Å². The lowest BCUT2D eigenvalue weighted by atomic mass is 10.1. The van der Waals surface area contributed by atoms with E-state index in [0.29, 0.717) is 6.54 Å². The minimum atomic E-state index is -0.213. The van der Waals surface area contributed by atoms with Crippen molar-refractivity contribution in [3.63, 3.8) is 0 Å². The van der Waals surface area contributed by atoms with Gasteiger partial charge in [-0.05, 0) is 26.3 Å². The molecule has 1 aliphatic rings. The van der Waals surface area contributed by atoms with Gasteiger partial charge in [-0.25, -0.2) is 0 Å². The zero-order chi connectivity index (χ0) is 9.84. The smallest absolute Gasteiger partial charge is 0.236 e. The maximum absolute atomic E-state index is 11.4. The van der Waals surface area contributed by atoms with Crippen LogP contribution in [0.3, 0.4) is 0 Å². The zero-order valence-electron chi connectivity index (χ0n) is 8.17. The number of nitrogens with zero attached hydrogens (tertiary/aromatic N) is 1. The summed E-state index contributed by atoms with van der Waals surface area (Å²) in [6, 6.07) is -0.213. The summed E-state index contributed by atoms with van der Waals surface area (Å²) >= 11 is 0. The van der Waals surface area contributed by atoms with E-state index in [1.54, 1.807) is 18.9 Å². The van der Waals surface area contributed by atoms with Crippen LogP contribution in [0.15, 0.2) is 0 Å². The molecule has 4 heteroatoms. The fourth-order valence-corrected chi connectivity index (χ4v) is 1.58. The first kappa shape index (κ1) is 10.2. The number of nitrogens with one attached hydrogen (secondary N) is 1. The second-order valence-corrected chi connectivity index (χ2v) is 3.45. The van der Waals surface area contributed by atoms with Crippen molar-refractivity contribution in [3.05, 3.63) is 0 Å². The van der Waals surface area contributed by atoms with Crippen molar-refractivity contribution in [2.75, 3.05) is 20.1 Å². The molecule has 0 spiro atoms. The van der Waals surface area contributed by atoms with Crippen molar-refractivity contribution < 1.29 is 9.59 Å². The van der Waals surface area contributed by atoms with Crippen LogP contribution in [0.5, 0.6) is 0 Å². The standard InChI is InChI=1S/C9H16N2O2/c1-7(12)8-4-3-5-10-6-9(13)11(8)2/h8,10H,3-6H2,1-2H3. The Labute approximate surface area is 78.3 Å². The number of Topliss-reactive ketones (excluding diaryl/α,β-unsaturated/α-hetero) is 1. The number of hydrogen-bond acceptors (Lipinski definition) is 3. The molecule has 0 aromatic carbocycles. The Morgan fingerprint density at radius 2 is 2.31 bits per heavy atom. The highest BCUT2D eigenvalue weighted by Gasteiger charge is 2.24. The van der Waals surface area contributed by atoms with Crippen LogP contribution in [0, 0.1) is 0 Å². The van der Waals surface area contributed by atoms with Gasteiger partial charge in [-0.15, -0.1) is 0 Å². The molecule has 1 heterocycles. The van der Waals surface area contributed by atoms with Crippen LogP contribution in [0.1, 0.15) is 19.8 Å². The lowest BCUT2D eigenvalue weighted by Crippen LogP contribution is -2.47. The van der Waals surface area contributed by atoms with Crippen LogP contribution in [0.2, 0.25) is 0 Å². The van der Waals surface area contributed by atoms with Gasteiger partial charge in [-0.3, -0.25) is 9.59 Å². The Morgan fingerprint density at radius 3 is 2.92 bits per heavy atom. The molecular weight excluding hydrogens is 168 g/mol. The average Bonchev–Trinajstić information content (AvgIpc) is 2.06. The van der Waals surface area contributed by atoms with Gasteiger partial charge in [0.15, 0.2) is 5.78 Å². The molecule has 0 radical (unpaired) electrons. The summed E-state index contributed by atoms with van der Waals surface area (Å²) in [7, 11) is 1.70. The van der Waals surface area contributed by atoms with E-state index in [0.717, 1.165) is 19.4 Å². The van der Waals surface area contributed by atoms with E-state index in [9.17, 15) is 9.59 Å². The molecule has 1 saturated heterocycles. The average molecular weight is 184 g/mol. The van der Waals surface area contributed by atoms with Crippen LogP contribution in [0.4, 0.5) is 0 Å². The third-order valence-corrected chi connectivity index (χ3v) is 2.44. The maximum Gasteiger partial charge on any atom is 0.236 e. The highest BCUT2D eigenvalue weighted by atomic mass is 16.2. The number of likely N-dealkylation sites (N-methyl/N-ethyl adjacent to an activating group) is 1. The fraction of sp³-hybridized carbons (Fsp3) is 0.778. The molecule has 1 rings (SSSR count). The molecule has 13 heavy (non-hydrogen) atoms. The lowest BCUT2D eigenvalue weighted by molar-refractivity contribution is -0.137. The number of ketones is 1. The van der Waals surface area contributed by atoms with E-state index in [1.165, 1.54) is 0 Å². The second kappa shape index (κ2) is 4.37. The zero-order valence-corrected chi connectivity index (χ0v) is 8.17. The van der Waals surface area contributed by atoms with Crippen LogP contribution >= 0.6 is 0 Å². The quantitative estimate of drug-likeness (QED) is 0.613. The van der Waals surface area contributed by atoms with Crippen molar-refractivity contribution in [2.24, 2.45) is 0 Å². The summed E-state index contributed by atoms with van der Waals surface area (Å²) in [5.41, 5.74) is 0. The largest absolute Gasteiger partial charge is 0.335 e. The minimum Gasteiger partial charge on any atom is -0.335 e. The van der Waals surface area contributed by atoms with Gasteiger partial charge >= 0.3 is 0 Å². The Morgan fingerprint density at radius 1 is 1.62 bits per heavy atom. The molecule has 0 saturated carbocycles. The van der Waals surface area contributed by atoms with Gasteiger partial charge < -0.3 is 10.2 Å². The Kier molecular flexibility index (Phi) is 3.42. The topological polar surface area (TPSA) is 49.4 Å². The molecule has 1 atom stereocenters. The monoisotopic (exact) mass is 184 g/mol. The van der Waals surface area contributed by atoms with Crippen LogP contribution in [-0.2, 0) is 9.59 Å². The molecule has 1 unspecified atom stereocenters. The van der Waals surface area contributed by atoms with E-state index in [4.69, 9.17) is 0 Å². The molecule has 1 fully saturated rings. The number of rotatable bonds is 1. The Hall–Kier alpha value is -0.900. The van der Waals surface area contributed by atoms with Gasteiger partial charge in [0.25, 0.3) is 0 Å². The van der Waals surface area contributed by atoms with Gasteiger partial charge in [-0.1, -0.05) is 0 Å². The number of amides is 1. The predicted octanol–water partition coefficient (Wildman–Crippen LogP) is -0.214. The van der Waals surface area contributed by atoms with E-state index in [-0.39, 0.29) is 17.7 Å². The van der Waals surface area contributed by atoms with E-state index < -0.39 is 0 Å². The fourth-order valence-electron chi connectivity index (χ4n) is 1.58. The van der Waals surface area contributed by atoms with E-state index in [2.05, 4.69) is 5.32 Å². The first-order valence-corrected chi connectivity index (χ1v) is 4.59. The van der Waals surface area contributed by atoms with Crippen molar-refractivity contribution in [1.29, 1.82) is 0 Å². The molecule has 1 N–H and O–H groups in total. The third-order valence-electron chi connectivity index (χ3n) is 2.44. The van der Waals surface area contributed by atoms with Crippen molar-refractivity contribution in [3.8, 4) is 0 Å². The van der Waals surface area contributed by atoms with Gasteiger partial charge in [0.2, 0.25) is 5.91 Å². The first-order chi connectivity index (χ1) is 6.13. The van der Waals surface area contributed by atoms with Gasteiger partial charge in [-0.2, -0.15) is 0 Å². The first-order valence-electron chi connectivity index (χ1n) is 4.59. The molecule has 74 valence electrons. The van der Waals surface area contributed by atoms with Crippen molar-refractivity contribution in [2.45, 2.75) is 25.8 Å². The maximum atomic E-state index is 11.4. The normalized spacial score (nSPS) is 25.2. The Bertz CT molecular complexity index is 216. The Balaban J connectivity index is 2.67. The summed E-state index contributed by atoms with van der Waals surface area (Å²) in [5, 5.41) is 3.02. The molecule has 1 amide bonds. The molecule has 0 bridgehead atoms. The number of hydrogen-bond donors (Lipinski definition) is 1. The van der Waals surface area contributed by atoms with E-state index >= 15 is 0 Å². The summed E-state index contributed by atoms with van der Waals surface area (Å²) in [5.74, 6) is 0.0812. The molecular formula is C9H16N2O2. The molecule has 0 aliphatic carbocycles. The van der Waals surface area contributed by atoms with Crippen LogP contribution in [-0.4, -0.2) is 42.8 Å². The second-order valence-electron chi connectivity index (χ2n) is 3.45. The molecule has 4 nitrogen and oxygen atoms in total. The van der Waals surface area contributed by atoms with Crippen LogP contribution in [0.25, 0.3) is 0 Å². The highest BCUT2D eigenvalue weighted by Crippen LogP contribution is 2.08. The number of carbonyl (C=O) groups excluding carboxylic acids is 2. The molecule has 0 aromatic heterocycles. The molecule has 0 aromatic rings. The summed E-state index contributed by atoms with van der Waals surface area (Å²) in [4.78, 5) is 24.1. The SMILES string of the molecule is CC(=O)C1CCCNCC(=O)N1C. The van der Waals surface area contributed by atoms with Crippen molar-refractivity contribution >= 4 is 11.7 Å².